The summed E-state index contributed by atoms with van der Waals surface area (Å²) in [6, 6.07) is 16.9. The van der Waals surface area contributed by atoms with Crippen LogP contribution in [0.4, 0.5) is 4.79 Å². The molecule has 35 heavy (non-hydrogen) atoms. The van der Waals surface area contributed by atoms with E-state index in [1.165, 1.54) is 4.90 Å². The third kappa shape index (κ3) is 8.44. The second-order valence-corrected chi connectivity index (χ2v) is 8.84. The Labute approximate surface area is 204 Å². The molecule has 0 saturated heterocycles. The van der Waals surface area contributed by atoms with Crippen LogP contribution in [-0.4, -0.2) is 52.4 Å². The van der Waals surface area contributed by atoms with E-state index in [-0.39, 0.29) is 31.4 Å². The number of nitrogens with zero attached hydrogens (tertiary/aromatic N) is 3. The minimum atomic E-state index is -0.919. The second-order valence-electron chi connectivity index (χ2n) is 8.84. The predicted molar refractivity (Wildman–Crippen MR) is 129 cm³/mol. The van der Waals surface area contributed by atoms with Gasteiger partial charge in [-0.3, -0.25) is 4.79 Å². The Morgan fingerprint density at radius 1 is 1.11 bits per heavy atom. The standard InChI is InChI=1S/C26H31N3O6/c1-18(2)16-34-26(32)29(3)15-20(14-24(30)31)12-19-8-7-11-22(13-19)33-17-23-27-25(35-28-23)21-9-5-4-6-10-21/h4-11,13,18,20H,12,14-17H2,1-3H3,(H,30,31)/t20-/m0/s1. The monoisotopic (exact) mass is 481 g/mol. The maximum absolute atomic E-state index is 12.2. The van der Waals surface area contributed by atoms with Crippen LogP contribution in [0.1, 0.15) is 31.7 Å². The minimum Gasteiger partial charge on any atom is -0.485 e. The average molecular weight is 482 g/mol. The van der Waals surface area contributed by atoms with Crippen molar-refractivity contribution in [3.63, 3.8) is 0 Å². The largest absolute Gasteiger partial charge is 0.485 e. The summed E-state index contributed by atoms with van der Waals surface area (Å²) in [6.07, 6.45) is -0.0647. The van der Waals surface area contributed by atoms with Crippen LogP contribution in [0.15, 0.2) is 59.1 Å². The lowest BCUT2D eigenvalue weighted by molar-refractivity contribution is -0.138. The lowest BCUT2D eigenvalue weighted by atomic mass is 9.95. The highest BCUT2D eigenvalue weighted by atomic mass is 16.6. The van der Waals surface area contributed by atoms with Gasteiger partial charge >= 0.3 is 12.1 Å². The number of amides is 1. The molecule has 0 unspecified atom stereocenters. The number of rotatable bonds is 12. The summed E-state index contributed by atoms with van der Waals surface area (Å²) < 4.78 is 16.4. The van der Waals surface area contributed by atoms with Gasteiger partial charge in [-0.2, -0.15) is 4.98 Å². The number of aliphatic carboxylic acids is 1. The number of carboxylic acid groups (broad SMARTS) is 1. The van der Waals surface area contributed by atoms with Gasteiger partial charge < -0.3 is 24.0 Å². The Bertz CT molecular complexity index is 1100. The summed E-state index contributed by atoms with van der Waals surface area (Å²) in [5, 5.41) is 13.3. The van der Waals surface area contributed by atoms with Crippen molar-refractivity contribution in [3.05, 3.63) is 66.0 Å². The van der Waals surface area contributed by atoms with Crippen LogP contribution in [0.3, 0.4) is 0 Å². The van der Waals surface area contributed by atoms with E-state index in [9.17, 15) is 14.7 Å². The molecule has 3 rings (SSSR count). The number of benzene rings is 2. The molecule has 9 nitrogen and oxygen atoms in total. The van der Waals surface area contributed by atoms with Crippen LogP contribution in [0.2, 0.25) is 0 Å². The Morgan fingerprint density at radius 2 is 1.89 bits per heavy atom. The van der Waals surface area contributed by atoms with E-state index in [4.69, 9.17) is 14.0 Å². The number of hydrogen-bond acceptors (Lipinski definition) is 7. The Balaban J connectivity index is 1.59. The average Bonchev–Trinajstić information content (AvgIpc) is 3.30. The first-order valence-corrected chi connectivity index (χ1v) is 11.5. The predicted octanol–water partition coefficient (Wildman–Crippen LogP) is 4.67. The summed E-state index contributed by atoms with van der Waals surface area (Å²) >= 11 is 0. The molecule has 0 spiro atoms. The van der Waals surface area contributed by atoms with Gasteiger partial charge in [-0.25, -0.2) is 4.79 Å². The highest BCUT2D eigenvalue weighted by molar-refractivity contribution is 5.68. The first-order valence-electron chi connectivity index (χ1n) is 11.5. The fourth-order valence-corrected chi connectivity index (χ4v) is 3.51. The molecule has 0 fully saturated rings. The lowest BCUT2D eigenvalue weighted by Gasteiger charge is -2.23. The summed E-state index contributed by atoms with van der Waals surface area (Å²) in [6.45, 7) is 4.62. The fraction of sp³-hybridized carbons (Fsp3) is 0.385. The maximum atomic E-state index is 12.2. The molecule has 0 aliphatic carbocycles. The molecule has 1 atom stereocenters. The van der Waals surface area contributed by atoms with Gasteiger partial charge in [0.2, 0.25) is 5.82 Å². The number of carbonyl (C=O) groups excluding carboxylic acids is 1. The van der Waals surface area contributed by atoms with Crippen molar-refractivity contribution in [1.29, 1.82) is 0 Å². The molecule has 0 saturated carbocycles. The van der Waals surface area contributed by atoms with Crippen molar-refractivity contribution in [2.24, 2.45) is 11.8 Å². The first kappa shape index (κ1) is 25.7. The van der Waals surface area contributed by atoms with E-state index in [1.54, 1.807) is 7.05 Å². The van der Waals surface area contributed by atoms with E-state index in [2.05, 4.69) is 10.1 Å². The zero-order valence-corrected chi connectivity index (χ0v) is 20.2. The number of carboxylic acids is 1. The van der Waals surface area contributed by atoms with Gasteiger partial charge in [0.05, 0.1) is 13.0 Å². The van der Waals surface area contributed by atoms with Crippen molar-refractivity contribution in [1.82, 2.24) is 15.0 Å². The minimum absolute atomic E-state index is 0.0714. The summed E-state index contributed by atoms with van der Waals surface area (Å²) in [7, 11) is 1.62. The smallest absolute Gasteiger partial charge is 0.409 e. The van der Waals surface area contributed by atoms with Crippen molar-refractivity contribution >= 4 is 12.1 Å². The van der Waals surface area contributed by atoms with Crippen LogP contribution in [0.5, 0.6) is 5.75 Å². The van der Waals surface area contributed by atoms with Crippen molar-refractivity contribution < 1.29 is 28.7 Å². The highest BCUT2D eigenvalue weighted by Gasteiger charge is 2.20. The Hall–Kier alpha value is -3.88. The van der Waals surface area contributed by atoms with Crippen LogP contribution < -0.4 is 4.74 Å². The maximum Gasteiger partial charge on any atom is 0.409 e. The molecule has 9 heteroatoms. The summed E-state index contributed by atoms with van der Waals surface area (Å²) in [5.74, 6) is 0.460. The van der Waals surface area contributed by atoms with Gasteiger partial charge in [0.15, 0.2) is 6.61 Å². The van der Waals surface area contributed by atoms with Crippen LogP contribution in [0, 0.1) is 11.8 Å². The van der Waals surface area contributed by atoms with E-state index in [1.807, 2.05) is 68.4 Å². The number of ether oxygens (including phenoxy) is 2. The van der Waals surface area contributed by atoms with Crippen molar-refractivity contribution in [2.75, 3.05) is 20.2 Å². The number of aromatic nitrogens is 2. The van der Waals surface area contributed by atoms with E-state index >= 15 is 0 Å². The number of carbonyl (C=O) groups is 2. The molecule has 1 heterocycles. The molecule has 0 aliphatic rings. The van der Waals surface area contributed by atoms with E-state index < -0.39 is 12.1 Å². The van der Waals surface area contributed by atoms with E-state index in [0.29, 0.717) is 30.5 Å². The zero-order chi connectivity index (χ0) is 25.2. The normalized spacial score (nSPS) is 11.8. The summed E-state index contributed by atoms with van der Waals surface area (Å²) in [4.78, 5) is 29.4. The molecule has 1 amide bonds. The lowest BCUT2D eigenvalue weighted by Crippen LogP contribution is -2.34. The van der Waals surface area contributed by atoms with Crippen LogP contribution in [0.25, 0.3) is 11.5 Å². The van der Waals surface area contributed by atoms with Gasteiger partial charge in [-0.15, -0.1) is 0 Å². The Morgan fingerprint density at radius 3 is 2.60 bits per heavy atom. The molecule has 1 aromatic heterocycles. The van der Waals surface area contributed by atoms with Gasteiger partial charge in [-0.1, -0.05) is 49.3 Å². The molecule has 1 N–H and O–H groups in total. The molecule has 2 aromatic carbocycles. The van der Waals surface area contributed by atoms with Crippen molar-refractivity contribution in [3.8, 4) is 17.2 Å². The quantitative estimate of drug-likeness (QED) is 0.397. The summed E-state index contributed by atoms with van der Waals surface area (Å²) in [5.41, 5.74) is 1.73. The van der Waals surface area contributed by atoms with Gasteiger partial charge in [-0.05, 0) is 48.1 Å². The van der Waals surface area contributed by atoms with Crippen molar-refractivity contribution in [2.45, 2.75) is 33.3 Å². The van der Waals surface area contributed by atoms with Crippen LogP contribution in [-0.2, 0) is 22.6 Å². The SMILES string of the molecule is CC(C)COC(=O)N(C)C[C@H](CC(=O)O)Cc1cccc(OCc2noc(-c3ccccc3)n2)c1. The third-order valence-electron chi connectivity index (χ3n) is 5.13. The third-order valence-corrected chi connectivity index (χ3v) is 5.13. The molecule has 186 valence electrons. The van der Waals surface area contributed by atoms with Gasteiger partial charge in [0.25, 0.3) is 5.89 Å². The zero-order valence-electron chi connectivity index (χ0n) is 20.2. The molecule has 0 aliphatic heterocycles. The molecular weight excluding hydrogens is 450 g/mol. The van der Waals surface area contributed by atoms with Gasteiger partial charge in [0, 0.05) is 19.2 Å². The molecular formula is C26H31N3O6. The number of hydrogen-bond donors (Lipinski definition) is 1. The molecule has 0 radical (unpaired) electrons. The second kappa shape index (κ2) is 12.5. The highest BCUT2D eigenvalue weighted by Crippen LogP contribution is 2.21. The fourth-order valence-electron chi connectivity index (χ4n) is 3.51. The molecule has 0 bridgehead atoms. The Kier molecular flexibility index (Phi) is 9.23. The van der Waals surface area contributed by atoms with Gasteiger partial charge in [0.1, 0.15) is 5.75 Å². The topological polar surface area (TPSA) is 115 Å². The van der Waals surface area contributed by atoms with Crippen LogP contribution >= 0.6 is 0 Å². The molecule has 3 aromatic rings. The first-order chi connectivity index (χ1) is 16.8. The van der Waals surface area contributed by atoms with E-state index in [0.717, 1.165) is 11.1 Å².